The van der Waals surface area contributed by atoms with Crippen LogP contribution in [0.2, 0.25) is 0 Å². The third-order valence-corrected chi connectivity index (χ3v) is 3.10. The van der Waals surface area contributed by atoms with Crippen LogP contribution in [0.15, 0.2) is 18.5 Å². The highest BCUT2D eigenvalue weighted by Crippen LogP contribution is 2.17. The number of rotatable bonds is 5. The average molecular weight is 273 g/mol. The van der Waals surface area contributed by atoms with Crippen LogP contribution in [0.3, 0.4) is 0 Å². The summed E-state index contributed by atoms with van der Waals surface area (Å²) in [5, 5.41) is 4.39. The monoisotopic (exact) mass is 273 g/mol. The summed E-state index contributed by atoms with van der Waals surface area (Å²) >= 11 is 0. The first-order chi connectivity index (χ1) is 9.50. The van der Waals surface area contributed by atoms with E-state index in [1.165, 1.54) is 0 Å². The van der Waals surface area contributed by atoms with Crippen LogP contribution in [-0.4, -0.2) is 51.1 Å². The molecule has 0 aliphatic carbocycles. The van der Waals surface area contributed by atoms with Crippen molar-refractivity contribution in [1.29, 1.82) is 0 Å². The van der Waals surface area contributed by atoms with Gasteiger partial charge in [-0.15, -0.1) is 0 Å². The minimum Gasteiger partial charge on any atom is -0.309 e. The lowest BCUT2D eigenvalue weighted by molar-refractivity contribution is 0.0971. The van der Waals surface area contributed by atoms with E-state index in [-0.39, 0.29) is 5.78 Å². The van der Waals surface area contributed by atoms with Crippen molar-refractivity contribution in [3.63, 3.8) is 0 Å². The second-order valence-corrected chi connectivity index (χ2v) is 4.98. The first kappa shape index (κ1) is 14.3. The number of ketones is 1. The van der Waals surface area contributed by atoms with Crippen molar-refractivity contribution in [1.82, 2.24) is 24.6 Å². The molecule has 0 fully saturated rings. The van der Waals surface area contributed by atoms with E-state index in [2.05, 4.69) is 15.1 Å². The van der Waals surface area contributed by atoms with Crippen LogP contribution >= 0.6 is 0 Å². The topological polar surface area (TPSA) is 63.9 Å². The van der Waals surface area contributed by atoms with Gasteiger partial charge in [0, 0.05) is 25.4 Å². The summed E-state index contributed by atoms with van der Waals surface area (Å²) in [7, 11) is 3.91. The van der Waals surface area contributed by atoms with Crippen LogP contribution in [-0.2, 0) is 0 Å². The van der Waals surface area contributed by atoms with Crippen LogP contribution in [0.1, 0.15) is 28.2 Å². The van der Waals surface area contributed by atoms with Gasteiger partial charge in [-0.25, -0.2) is 14.6 Å². The minimum atomic E-state index is 0.107. The molecule has 0 saturated carbocycles. The van der Waals surface area contributed by atoms with E-state index in [4.69, 9.17) is 0 Å². The van der Waals surface area contributed by atoms with Crippen LogP contribution in [0.25, 0.3) is 5.95 Å². The average Bonchev–Trinajstić information content (AvgIpc) is 2.72. The molecule has 2 aromatic rings. The highest BCUT2D eigenvalue weighted by atomic mass is 16.1. The molecule has 0 atom stereocenters. The molecule has 0 spiro atoms. The molecule has 0 bridgehead atoms. The Bertz CT molecular complexity index is 604. The van der Waals surface area contributed by atoms with E-state index in [1.54, 1.807) is 23.1 Å². The Morgan fingerprint density at radius 1 is 1.25 bits per heavy atom. The summed E-state index contributed by atoms with van der Waals surface area (Å²) in [6, 6.07) is 1.75. The minimum absolute atomic E-state index is 0.107. The van der Waals surface area contributed by atoms with Gasteiger partial charge in [0.25, 0.3) is 5.95 Å². The molecule has 0 aromatic carbocycles. The number of aromatic nitrogens is 4. The third-order valence-electron chi connectivity index (χ3n) is 3.10. The van der Waals surface area contributed by atoms with Gasteiger partial charge in [0.15, 0.2) is 5.78 Å². The summed E-state index contributed by atoms with van der Waals surface area (Å²) in [4.78, 5) is 22.6. The maximum absolute atomic E-state index is 12.3. The summed E-state index contributed by atoms with van der Waals surface area (Å²) in [5.41, 5.74) is 2.19. The number of hydrogen-bond acceptors (Lipinski definition) is 5. The van der Waals surface area contributed by atoms with Gasteiger partial charge in [0.05, 0.1) is 17.0 Å². The number of nitrogens with zero attached hydrogens (tertiary/aromatic N) is 5. The molecular formula is C14H19N5O. The van der Waals surface area contributed by atoms with E-state index in [0.717, 1.165) is 17.9 Å². The zero-order chi connectivity index (χ0) is 14.7. The van der Waals surface area contributed by atoms with Crippen molar-refractivity contribution < 1.29 is 4.79 Å². The molecule has 20 heavy (non-hydrogen) atoms. The Hall–Kier alpha value is -2.08. The molecule has 0 unspecified atom stereocenters. The van der Waals surface area contributed by atoms with E-state index >= 15 is 0 Å². The van der Waals surface area contributed by atoms with Gasteiger partial charge in [0.1, 0.15) is 0 Å². The summed E-state index contributed by atoms with van der Waals surface area (Å²) in [6.07, 6.45) is 3.80. The maximum atomic E-state index is 12.3. The highest BCUT2D eigenvalue weighted by molar-refractivity contribution is 5.98. The number of aryl methyl sites for hydroxylation is 1. The molecule has 0 aliphatic rings. The SMILES string of the molecule is Cc1nn(-c2ncccn2)c(C)c1C(=O)CCN(C)C. The molecule has 0 amide bonds. The molecule has 0 radical (unpaired) electrons. The molecule has 2 heterocycles. The van der Waals surface area contributed by atoms with E-state index in [9.17, 15) is 4.79 Å². The normalized spacial score (nSPS) is 11.1. The maximum Gasteiger partial charge on any atom is 0.250 e. The zero-order valence-electron chi connectivity index (χ0n) is 12.3. The number of carbonyl (C=O) groups excluding carboxylic acids is 1. The Balaban J connectivity index is 2.32. The summed E-state index contributed by atoms with van der Waals surface area (Å²) in [6.45, 7) is 4.44. The molecule has 2 aromatic heterocycles. The smallest absolute Gasteiger partial charge is 0.250 e. The van der Waals surface area contributed by atoms with Gasteiger partial charge >= 0.3 is 0 Å². The molecule has 106 valence electrons. The van der Waals surface area contributed by atoms with Crippen LogP contribution in [0, 0.1) is 13.8 Å². The van der Waals surface area contributed by atoms with E-state index in [0.29, 0.717) is 17.9 Å². The van der Waals surface area contributed by atoms with Crippen LogP contribution in [0.4, 0.5) is 0 Å². The van der Waals surface area contributed by atoms with Crippen molar-refractivity contribution in [3.8, 4) is 5.95 Å². The fourth-order valence-electron chi connectivity index (χ4n) is 2.09. The van der Waals surface area contributed by atoms with Crippen molar-refractivity contribution in [3.05, 3.63) is 35.4 Å². The van der Waals surface area contributed by atoms with Gasteiger partial charge in [-0.05, 0) is 34.0 Å². The molecule has 0 aliphatic heterocycles. The second kappa shape index (κ2) is 5.92. The van der Waals surface area contributed by atoms with Gasteiger partial charge < -0.3 is 4.90 Å². The summed E-state index contributed by atoms with van der Waals surface area (Å²) in [5.74, 6) is 0.593. The Labute approximate surface area is 118 Å². The van der Waals surface area contributed by atoms with Gasteiger partial charge in [-0.3, -0.25) is 4.79 Å². The Morgan fingerprint density at radius 3 is 2.50 bits per heavy atom. The standard InChI is InChI=1S/C14H19N5O/c1-10-13(12(20)6-9-18(3)4)11(2)19(17-10)14-15-7-5-8-16-14/h5,7-8H,6,9H2,1-4H3. The predicted octanol–water partition coefficient (Wildman–Crippen LogP) is 1.41. The fourth-order valence-corrected chi connectivity index (χ4v) is 2.09. The Morgan fingerprint density at radius 2 is 1.90 bits per heavy atom. The fraction of sp³-hybridized carbons (Fsp3) is 0.429. The van der Waals surface area contributed by atoms with E-state index < -0.39 is 0 Å². The van der Waals surface area contributed by atoms with Crippen molar-refractivity contribution in [2.75, 3.05) is 20.6 Å². The molecule has 0 saturated heterocycles. The molecule has 6 nitrogen and oxygen atoms in total. The third kappa shape index (κ3) is 2.91. The number of Topliss-reactive ketones (excluding diaryl/α,β-unsaturated/α-hetero) is 1. The van der Waals surface area contributed by atoms with Crippen LogP contribution in [0.5, 0.6) is 0 Å². The number of carbonyl (C=O) groups is 1. The first-order valence-electron chi connectivity index (χ1n) is 6.52. The van der Waals surface area contributed by atoms with Crippen molar-refractivity contribution in [2.45, 2.75) is 20.3 Å². The highest BCUT2D eigenvalue weighted by Gasteiger charge is 2.20. The van der Waals surface area contributed by atoms with Gasteiger partial charge in [0.2, 0.25) is 0 Å². The van der Waals surface area contributed by atoms with Crippen molar-refractivity contribution in [2.24, 2.45) is 0 Å². The number of hydrogen-bond donors (Lipinski definition) is 0. The molecule has 0 N–H and O–H groups in total. The largest absolute Gasteiger partial charge is 0.309 e. The Kier molecular flexibility index (Phi) is 4.24. The van der Waals surface area contributed by atoms with Crippen molar-refractivity contribution >= 4 is 5.78 Å². The second-order valence-electron chi connectivity index (χ2n) is 4.98. The lowest BCUT2D eigenvalue weighted by Gasteiger charge is -2.08. The summed E-state index contributed by atoms with van der Waals surface area (Å²) < 4.78 is 1.62. The van der Waals surface area contributed by atoms with E-state index in [1.807, 2.05) is 32.8 Å². The predicted molar refractivity (Wildman–Crippen MR) is 76.1 cm³/mol. The van der Waals surface area contributed by atoms with Gasteiger partial charge in [-0.2, -0.15) is 5.10 Å². The lowest BCUT2D eigenvalue weighted by Crippen LogP contribution is -2.17. The molecule has 2 rings (SSSR count). The molecule has 6 heteroatoms. The van der Waals surface area contributed by atoms with Crippen LogP contribution < -0.4 is 0 Å². The zero-order valence-corrected chi connectivity index (χ0v) is 12.3. The lowest BCUT2D eigenvalue weighted by atomic mass is 10.1. The van der Waals surface area contributed by atoms with Gasteiger partial charge in [-0.1, -0.05) is 0 Å². The first-order valence-corrected chi connectivity index (χ1v) is 6.52. The molecular weight excluding hydrogens is 254 g/mol. The quantitative estimate of drug-likeness (QED) is 0.771.